The number of hydrogen-bond donors (Lipinski definition) is 1. The molecule has 3 heteroatoms. The van der Waals surface area contributed by atoms with E-state index in [2.05, 4.69) is 31.2 Å². The van der Waals surface area contributed by atoms with Gasteiger partial charge in [-0.25, -0.2) is 4.39 Å². The average Bonchev–Trinajstić information content (AvgIpc) is 2.37. The van der Waals surface area contributed by atoms with Crippen LogP contribution in [0.2, 0.25) is 5.02 Å². The van der Waals surface area contributed by atoms with E-state index in [4.69, 9.17) is 17.3 Å². The largest absolute Gasteiger partial charge is 0.327 e. The zero-order valence-electron chi connectivity index (χ0n) is 10.9. The summed E-state index contributed by atoms with van der Waals surface area (Å²) in [6, 6.07) is 13.1. The first-order valence-electron chi connectivity index (χ1n) is 6.29. The van der Waals surface area contributed by atoms with Gasteiger partial charge in [-0.15, -0.1) is 0 Å². The van der Waals surface area contributed by atoms with Gasteiger partial charge in [-0.2, -0.15) is 0 Å². The lowest BCUT2D eigenvalue weighted by Crippen LogP contribution is -2.25. The van der Waals surface area contributed by atoms with Crippen molar-refractivity contribution in [2.45, 2.75) is 25.8 Å². The molecule has 2 aromatic carbocycles. The number of benzene rings is 2. The summed E-state index contributed by atoms with van der Waals surface area (Å²) in [7, 11) is 0. The summed E-state index contributed by atoms with van der Waals surface area (Å²) in [4.78, 5) is 0. The Hall–Kier alpha value is -1.38. The highest BCUT2D eigenvalue weighted by Crippen LogP contribution is 2.17. The van der Waals surface area contributed by atoms with Crippen LogP contribution in [-0.4, -0.2) is 6.04 Å². The molecule has 0 aliphatic heterocycles. The molecule has 0 aliphatic rings. The van der Waals surface area contributed by atoms with E-state index in [9.17, 15) is 4.39 Å². The highest BCUT2D eigenvalue weighted by atomic mass is 35.5. The Morgan fingerprint density at radius 1 is 1.05 bits per heavy atom. The fourth-order valence-electron chi connectivity index (χ4n) is 2.07. The highest BCUT2D eigenvalue weighted by Gasteiger charge is 2.07. The summed E-state index contributed by atoms with van der Waals surface area (Å²) in [5, 5.41) is 0.153. The fraction of sp³-hybridized carbons (Fsp3) is 0.250. The lowest BCUT2D eigenvalue weighted by Gasteiger charge is -2.12. The first kappa shape index (κ1) is 14.0. The molecule has 1 atom stereocenters. The van der Waals surface area contributed by atoms with Crippen LogP contribution in [0.4, 0.5) is 4.39 Å². The van der Waals surface area contributed by atoms with Gasteiger partial charge in [0.1, 0.15) is 5.82 Å². The number of hydrogen-bond acceptors (Lipinski definition) is 1. The molecule has 1 nitrogen and oxygen atoms in total. The Kier molecular flexibility index (Phi) is 4.56. The van der Waals surface area contributed by atoms with Crippen LogP contribution in [0.5, 0.6) is 0 Å². The molecule has 0 heterocycles. The molecule has 0 spiro atoms. The second kappa shape index (κ2) is 6.18. The van der Waals surface area contributed by atoms with Crippen molar-refractivity contribution in [3.05, 3.63) is 70.0 Å². The third-order valence-electron chi connectivity index (χ3n) is 3.10. The van der Waals surface area contributed by atoms with Gasteiger partial charge in [-0.1, -0.05) is 47.5 Å². The van der Waals surface area contributed by atoms with Gasteiger partial charge in [-0.05, 0) is 43.0 Å². The average molecular weight is 278 g/mol. The number of rotatable bonds is 4. The minimum atomic E-state index is -0.391. The molecule has 2 N–H and O–H groups in total. The van der Waals surface area contributed by atoms with E-state index in [1.807, 2.05) is 0 Å². The fourth-order valence-corrected chi connectivity index (χ4v) is 2.27. The Morgan fingerprint density at radius 2 is 1.63 bits per heavy atom. The monoisotopic (exact) mass is 277 g/mol. The summed E-state index contributed by atoms with van der Waals surface area (Å²) in [6.07, 6.45) is 1.49. The van der Waals surface area contributed by atoms with E-state index in [1.54, 1.807) is 12.1 Å². The predicted molar refractivity (Wildman–Crippen MR) is 78.0 cm³/mol. The van der Waals surface area contributed by atoms with E-state index in [0.717, 1.165) is 12.0 Å². The molecule has 1 unspecified atom stereocenters. The molecule has 2 aromatic rings. The van der Waals surface area contributed by atoms with Crippen LogP contribution < -0.4 is 5.73 Å². The molecular weight excluding hydrogens is 261 g/mol. The van der Waals surface area contributed by atoms with Gasteiger partial charge in [0.25, 0.3) is 0 Å². The van der Waals surface area contributed by atoms with Crippen LogP contribution in [0.15, 0.2) is 42.5 Å². The van der Waals surface area contributed by atoms with Crippen LogP contribution in [0.3, 0.4) is 0 Å². The summed E-state index contributed by atoms with van der Waals surface area (Å²) >= 11 is 5.76. The van der Waals surface area contributed by atoms with E-state index in [1.165, 1.54) is 17.2 Å². The molecule has 0 aliphatic carbocycles. The topological polar surface area (TPSA) is 26.0 Å². The minimum absolute atomic E-state index is 0.00392. The first-order valence-corrected chi connectivity index (χ1v) is 6.67. The molecule has 0 bridgehead atoms. The lowest BCUT2D eigenvalue weighted by atomic mass is 9.99. The van der Waals surface area contributed by atoms with Crippen molar-refractivity contribution < 1.29 is 4.39 Å². The van der Waals surface area contributed by atoms with Crippen LogP contribution in [0.1, 0.15) is 16.7 Å². The van der Waals surface area contributed by atoms with Crippen molar-refractivity contribution in [3.8, 4) is 0 Å². The van der Waals surface area contributed by atoms with Crippen molar-refractivity contribution in [3.63, 3.8) is 0 Å². The molecule has 0 amide bonds. The van der Waals surface area contributed by atoms with E-state index >= 15 is 0 Å². The second-order valence-electron chi connectivity index (χ2n) is 4.90. The van der Waals surface area contributed by atoms with Gasteiger partial charge in [0.05, 0.1) is 5.02 Å². The smallest absolute Gasteiger partial charge is 0.141 e. The Balaban J connectivity index is 1.98. The lowest BCUT2D eigenvalue weighted by molar-refractivity contribution is 0.624. The molecule has 0 saturated carbocycles. The standard InChI is InChI=1S/C16H17ClFN/c1-11-2-4-12(5-3-11)8-14(19)9-13-6-7-16(18)15(17)10-13/h2-7,10,14H,8-9,19H2,1H3. The van der Waals surface area contributed by atoms with E-state index < -0.39 is 5.82 Å². The first-order chi connectivity index (χ1) is 9.04. The highest BCUT2D eigenvalue weighted by molar-refractivity contribution is 6.30. The Morgan fingerprint density at radius 3 is 2.26 bits per heavy atom. The van der Waals surface area contributed by atoms with Crippen molar-refractivity contribution in [1.82, 2.24) is 0 Å². The van der Waals surface area contributed by atoms with Crippen molar-refractivity contribution in [2.24, 2.45) is 5.73 Å². The summed E-state index contributed by atoms with van der Waals surface area (Å²) in [6.45, 7) is 2.06. The summed E-state index contributed by atoms with van der Waals surface area (Å²) in [5.41, 5.74) is 9.54. The maximum atomic E-state index is 13.1. The molecular formula is C16H17ClFN. The molecule has 0 radical (unpaired) electrons. The normalized spacial score (nSPS) is 12.4. The summed E-state index contributed by atoms with van der Waals surface area (Å²) in [5.74, 6) is -0.391. The quantitative estimate of drug-likeness (QED) is 0.901. The van der Waals surface area contributed by atoms with Crippen LogP contribution >= 0.6 is 11.6 Å². The molecule has 0 aromatic heterocycles. The maximum Gasteiger partial charge on any atom is 0.141 e. The van der Waals surface area contributed by atoms with Crippen molar-refractivity contribution in [1.29, 1.82) is 0 Å². The van der Waals surface area contributed by atoms with Gasteiger partial charge in [0.15, 0.2) is 0 Å². The third kappa shape index (κ3) is 4.05. The van der Waals surface area contributed by atoms with E-state index in [-0.39, 0.29) is 11.1 Å². The maximum absolute atomic E-state index is 13.1. The second-order valence-corrected chi connectivity index (χ2v) is 5.31. The van der Waals surface area contributed by atoms with Gasteiger partial charge >= 0.3 is 0 Å². The SMILES string of the molecule is Cc1ccc(CC(N)Cc2ccc(F)c(Cl)c2)cc1. The van der Waals surface area contributed by atoms with Crippen molar-refractivity contribution in [2.75, 3.05) is 0 Å². The molecule has 2 rings (SSSR count). The molecule has 19 heavy (non-hydrogen) atoms. The summed E-state index contributed by atoms with van der Waals surface area (Å²) < 4.78 is 13.1. The molecule has 100 valence electrons. The minimum Gasteiger partial charge on any atom is -0.327 e. The van der Waals surface area contributed by atoms with Gasteiger partial charge in [0.2, 0.25) is 0 Å². The van der Waals surface area contributed by atoms with Gasteiger partial charge in [-0.3, -0.25) is 0 Å². The van der Waals surface area contributed by atoms with Crippen LogP contribution in [-0.2, 0) is 12.8 Å². The van der Waals surface area contributed by atoms with Crippen molar-refractivity contribution >= 4 is 11.6 Å². The van der Waals surface area contributed by atoms with E-state index in [0.29, 0.717) is 6.42 Å². The zero-order valence-corrected chi connectivity index (χ0v) is 11.6. The van der Waals surface area contributed by atoms with Gasteiger partial charge < -0.3 is 5.73 Å². The zero-order chi connectivity index (χ0) is 13.8. The Labute approximate surface area is 118 Å². The number of halogens is 2. The Bertz CT molecular complexity index is 551. The predicted octanol–water partition coefficient (Wildman–Crippen LogP) is 3.90. The van der Waals surface area contributed by atoms with Crippen LogP contribution in [0.25, 0.3) is 0 Å². The number of aryl methyl sites for hydroxylation is 1. The number of nitrogens with two attached hydrogens (primary N) is 1. The van der Waals surface area contributed by atoms with Gasteiger partial charge in [0, 0.05) is 6.04 Å². The van der Waals surface area contributed by atoms with Crippen LogP contribution in [0, 0.1) is 12.7 Å². The third-order valence-corrected chi connectivity index (χ3v) is 3.39. The molecule has 0 fully saturated rings. The molecule has 0 saturated heterocycles.